The van der Waals surface area contributed by atoms with Crippen LogP contribution in [0.1, 0.15) is 17.8 Å². The number of aliphatic hydroxyl groups excluding tert-OH is 1. The molecule has 0 saturated carbocycles. The summed E-state index contributed by atoms with van der Waals surface area (Å²) in [5.41, 5.74) is 2.17. The van der Waals surface area contributed by atoms with Crippen molar-refractivity contribution in [3.05, 3.63) is 23.5 Å². The summed E-state index contributed by atoms with van der Waals surface area (Å²) in [5.74, 6) is -1.16. The molecule has 0 amide bonds. The van der Waals surface area contributed by atoms with Gasteiger partial charge in [-0.2, -0.15) is 0 Å². The third-order valence-corrected chi connectivity index (χ3v) is 2.33. The zero-order chi connectivity index (χ0) is 10.7. The number of aromatic nitrogens is 1. The summed E-state index contributed by atoms with van der Waals surface area (Å²) in [7, 11) is 0. The van der Waals surface area contributed by atoms with Crippen LogP contribution in [0, 0.1) is 13.8 Å². The SMILES string of the molecule is Cc1ccc(C)n1CCC(O)C(=O)O. The average molecular weight is 197 g/mol. The van der Waals surface area contributed by atoms with Crippen molar-refractivity contribution >= 4 is 5.97 Å². The maximum absolute atomic E-state index is 10.4. The molecule has 1 atom stereocenters. The number of carboxylic acid groups (broad SMARTS) is 1. The van der Waals surface area contributed by atoms with Crippen molar-refractivity contribution in [3.63, 3.8) is 0 Å². The molecule has 0 bridgehead atoms. The van der Waals surface area contributed by atoms with Gasteiger partial charge in [0.15, 0.2) is 6.10 Å². The molecule has 0 aliphatic heterocycles. The molecule has 1 unspecified atom stereocenters. The normalized spacial score (nSPS) is 12.8. The Labute approximate surface area is 82.8 Å². The Morgan fingerprint density at radius 1 is 1.43 bits per heavy atom. The number of aliphatic carboxylic acids is 1. The lowest BCUT2D eigenvalue weighted by molar-refractivity contribution is -0.147. The monoisotopic (exact) mass is 197 g/mol. The summed E-state index contributed by atoms with van der Waals surface area (Å²) in [5, 5.41) is 17.6. The standard InChI is InChI=1S/C10H15NO3/c1-7-3-4-8(2)11(7)6-5-9(12)10(13)14/h3-4,9,12H,5-6H2,1-2H3,(H,13,14). The van der Waals surface area contributed by atoms with Crippen LogP contribution < -0.4 is 0 Å². The van der Waals surface area contributed by atoms with Crippen molar-refractivity contribution < 1.29 is 15.0 Å². The van der Waals surface area contributed by atoms with E-state index in [1.165, 1.54) is 0 Å². The summed E-state index contributed by atoms with van der Waals surface area (Å²) in [6, 6.07) is 3.95. The van der Waals surface area contributed by atoms with E-state index in [9.17, 15) is 4.79 Å². The van der Waals surface area contributed by atoms with Crippen molar-refractivity contribution in [3.8, 4) is 0 Å². The van der Waals surface area contributed by atoms with Gasteiger partial charge in [-0.1, -0.05) is 0 Å². The van der Waals surface area contributed by atoms with Crippen LogP contribution in [-0.2, 0) is 11.3 Å². The first kappa shape index (κ1) is 10.8. The second kappa shape index (κ2) is 4.28. The van der Waals surface area contributed by atoms with Gasteiger partial charge in [0.1, 0.15) is 0 Å². The van der Waals surface area contributed by atoms with Crippen LogP contribution in [0.2, 0.25) is 0 Å². The average Bonchev–Trinajstić information content (AvgIpc) is 2.43. The molecule has 1 aromatic rings. The number of aryl methyl sites for hydroxylation is 2. The summed E-state index contributed by atoms with van der Waals surface area (Å²) in [6.45, 7) is 4.46. The molecule has 0 saturated heterocycles. The number of carboxylic acids is 1. The van der Waals surface area contributed by atoms with Crippen LogP contribution in [0.5, 0.6) is 0 Å². The number of hydrogen-bond donors (Lipinski definition) is 2. The molecule has 4 nitrogen and oxygen atoms in total. The minimum atomic E-state index is -1.27. The molecule has 1 rings (SSSR count). The molecule has 0 aliphatic carbocycles. The van der Waals surface area contributed by atoms with Crippen LogP contribution in [0.3, 0.4) is 0 Å². The highest BCUT2D eigenvalue weighted by Crippen LogP contribution is 2.08. The molecular weight excluding hydrogens is 182 g/mol. The Morgan fingerprint density at radius 3 is 2.36 bits per heavy atom. The van der Waals surface area contributed by atoms with Gasteiger partial charge >= 0.3 is 5.97 Å². The minimum absolute atomic E-state index is 0.242. The Kier molecular flexibility index (Phi) is 3.30. The molecule has 1 aromatic heterocycles. The molecule has 2 N–H and O–H groups in total. The molecule has 0 aliphatic rings. The quantitative estimate of drug-likeness (QED) is 0.755. The lowest BCUT2D eigenvalue weighted by Crippen LogP contribution is -2.21. The molecule has 1 heterocycles. The van der Waals surface area contributed by atoms with Crippen LogP contribution >= 0.6 is 0 Å². The highest BCUT2D eigenvalue weighted by molar-refractivity contribution is 5.71. The third-order valence-electron chi connectivity index (χ3n) is 2.33. The summed E-state index contributed by atoms with van der Waals surface area (Å²) >= 11 is 0. The Balaban J connectivity index is 2.57. The van der Waals surface area contributed by atoms with Gasteiger partial charge in [0.2, 0.25) is 0 Å². The van der Waals surface area contributed by atoms with Crippen molar-refractivity contribution in [2.24, 2.45) is 0 Å². The Hall–Kier alpha value is -1.29. The van der Waals surface area contributed by atoms with E-state index < -0.39 is 12.1 Å². The van der Waals surface area contributed by atoms with Gasteiger partial charge in [-0.05, 0) is 26.0 Å². The van der Waals surface area contributed by atoms with Gasteiger partial charge in [0, 0.05) is 24.4 Å². The van der Waals surface area contributed by atoms with E-state index in [1.807, 2.05) is 30.5 Å². The third kappa shape index (κ3) is 2.35. The van der Waals surface area contributed by atoms with Gasteiger partial charge in [0.05, 0.1) is 0 Å². The Bertz CT molecular complexity index is 311. The van der Waals surface area contributed by atoms with Crippen molar-refractivity contribution in [1.82, 2.24) is 4.57 Å². The largest absolute Gasteiger partial charge is 0.479 e. The first-order valence-electron chi connectivity index (χ1n) is 4.56. The summed E-state index contributed by atoms with van der Waals surface area (Å²) in [4.78, 5) is 10.4. The molecule has 4 heteroatoms. The predicted molar refractivity (Wildman–Crippen MR) is 52.2 cm³/mol. The lowest BCUT2D eigenvalue weighted by atomic mass is 10.2. The fraction of sp³-hybridized carbons (Fsp3) is 0.500. The van der Waals surface area contributed by atoms with E-state index in [1.54, 1.807) is 0 Å². The predicted octanol–water partition coefficient (Wildman–Crippen LogP) is 0.941. The number of nitrogens with zero attached hydrogens (tertiary/aromatic N) is 1. The smallest absolute Gasteiger partial charge is 0.332 e. The number of hydrogen-bond acceptors (Lipinski definition) is 2. The van der Waals surface area contributed by atoms with Gasteiger partial charge in [-0.3, -0.25) is 0 Å². The highest BCUT2D eigenvalue weighted by Gasteiger charge is 2.13. The van der Waals surface area contributed by atoms with Crippen molar-refractivity contribution in [2.75, 3.05) is 0 Å². The van der Waals surface area contributed by atoms with E-state index in [-0.39, 0.29) is 6.42 Å². The van der Waals surface area contributed by atoms with E-state index in [2.05, 4.69) is 0 Å². The second-order valence-corrected chi connectivity index (χ2v) is 3.41. The first-order valence-corrected chi connectivity index (χ1v) is 4.56. The van der Waals surface area contributed by atoms with Gasteiger partial charge in [-0.25, -0.2) is 4.79 Å². The zero-order valence-electron chi connectivity index (χ0n) is 8.40. The molecule has 0 spiro atoms. The topological polar surface area (TPSA) is 62.5 Å². The van der Waals surface area contributed by atoms with E-state index in [0.717, 1.165) is 11.4 Å². The Morgan fingerprint density at radius 2 is 1.93 bits per heavy atom. The minimum Gasteiger partial charge on any atom is -0.479 e. The number of aliphatic hydroxyl groups is 1. The maximum Gasteiger partial charge on any atom is 0.332 e. The van der Waals surface area contributed by atoms with E-state index in [4.69, 9.17) is 10.2 Å². The fourth-order valence-electron chi connectivity index (χ4n) is 1.43. The van der Waals surface area contributed by atoms with Crippen LogP contribution in [-0.4, -0.2) is 26.9 Å². The van der Waals surface area contributed by atoms with Gasteiger partial charge in [-0.15, -0.1) is 0 Å². The number of rotatable bonds is 4. The highest BCUT2D eigenvalue weighted by atomic mass is 16.4. The first-order chi connectivity index (χ1) is 6.52. The summed E-state index contributed by atoms with van der Waals surface area (Å²) in [6.07, 6.45) is -1.03. The number of carbonyl (C=O) groups is 1. The van der Waals surface area contributed by atoms with Crippen molar-refractivity contribution in [2.45, 2.75) is 32.9 Å². The molecular formula is C10H15NO3. The molecule has 78 valence electrons. The molecule has 0 fully saturated rings. The maximum atomic E-state index is 10.4. The summed E-state index contributed by atoms with van der Waals surface area (Å²) < 4.78 is 1.99. The van der Waals surface area contributed by atoms with E-state index in [0.29, 0.717) is 6.54 Å². The molecule has 0 aromatic carbocycles. The van der Waals surface area contributed by atoms with Crippen LogP contribution in [0.25, 0.3) is 0 Å². The second-order valence-electron chi connectivity index (χ2n) is 3.41. The van der Waals surface area contributed by atoms with Crippen LogP contribution in [0.15, 0.2) is 12.1 Å². The lowest BCUT2D eigenvalue weighted by Gasteiger charge is -2.10. The molecule has 14 heavy (non-hydrogen) atoms. The van der Waals surface area contributed by atoms with Crippen LogP contribution in [0.4, 0.5) is 0 Å². The fourth-order valence-corrected chi connectivity index (χ4v) is 1.43. The van der Waals surface area contributed by atoms with Crippen molar-refractivity contribution in [1.29, 1.82) is 0 Å². The van der Waals surface area contributed by atoms with Gasteiger partial charge in [0.25, 0.3) is 0 Å². The van der Waals surface area contributed by atoms with Gasteiger partial charge < -0.3 is 14.8 Å². The molecule has 0 radical (unpaired) electrons. The van der Waals surface area contributed by atoms with E-state index >= 15 is 0 Å². The zero-order valence-corrected chi connectivity index (χ0v) is 8.40.